The maximum Gasteiger partial charge on any atom is 0.338 e. The van der Waals surface area contributed by atoms with Crippen LogP contribution in [0.15, 0.2) is 42.5 Å². The number of esters is 1. The van der Waals surface area contributed by atoms with E-state index >= 15 is 0 Å². The van der Waals surface area contributed by atoms with Gasteiger partial charge in [0.25, 0.3) is 5.91 Å². The summed E-state index contributed by atoms with van der Waals surface area (Å²) >= 11 is 0. The Labute approximate surface area is 143 Å². The lowest BCUT2D eigenvalue weighted by Crippen LogP contribution is -2.12. The van der Waals surface area contributed by atoms with Crippen LogP contribution in [-0.4, -0.2) is 30.5 Å². The molecule has 0 aliphatic carbocycles. The summed E-state index contributed by atoms with van der Waals surface area (Å²) in [5.41, 5.74) is 0.617. The van der Waals surface area contributed by atoms with E-state index in [1.54, 1.807) is 19.1 Å². The Morgan fingerprint density at radius 1 is 1.12 bits per heavy atom. The molecule has 0 aromatic heterocycles. The number of carbonyl (C=O) groups excluding carboxylic acids is 2. The molecule has 25 heavy (non-hydrogen) atoms. The molecule has 130 valence electrons. The van der Waals surface area contributed by atoms with E-state index in [1.165, 1.54) is 31.4 Å². The van der Waals surface area contributed by atoms with Crippen molar-refractivity contribution in [1.29, 1.82) is 0 Å². The van der Waals surface area contributed by atoms with Gasteiger partial charge in [-0.3, -0.25) is 14.9 Å². The van der Waals surface area contributed by atoms with Crippen molar-refractivity contribution in [3.05, 3.63) is 63.7 Å². The molecule has 0 aliphatic heterocycles. The molecule has 0 fully saturated rings. The second-order valence-electron chi connectivity index (χ2n) is 4.90. The first kappa shape index (κ1) is 17.9. The molecule has 1 N–H and O–H groups in total. The Bertz CT molecular complexity index is 801. The number of nitro benzene ring substituents is 1. The lowest BCUT2D eigenvalue weighted by molar-refractivity contribution is -0.385. The second kappa shape index (κ2) is 7.91. The van der Waals surface area contributed by atoms with Gasteiger partial charge in [0.2, 0.25) is 0 Å². The number of methoxy groups -OCH3 is 1. The van der Waals surface area contributed by atoms with Crippen LogP contribution in [0.2, 0.25) is 0 Å². The Morgan fingerprint density at radius 2 is 1.76 bits per heavy atom. The van der Waals surface area contributed by atoms with Crippen molar-refractivity contribution in [2.75, 3.05) is 19.0 Å². The Hall–Kier alpha value is -3.42. The standard InChI is InChI=1S/C17H16N2O6/c1-3-25-17(21)11-4-7-13(8-5-11)18-16(20)12-6-9-15(24-2)14(10-12)19(22)23/h4-10H,3H2,1-2H3,(H,18,20). The van der Waals surface area contributed by atoms with Crippen molar-refractivity contribution in [2.24, 2.45) is 0 Å². The first-order valence-electron chi connectivity index (χ1n) is 7.37. The molecule has 0 atom stereocenters. The highest BCUT2D eigenvalue weighted by molar-refractivity contribution is 6.05. The fraction of sp³-hybridized carbons (Fsp3) is 0.176. The summed E-state index contributed by atoms with van der Waals surface area (Å²) < 4.78 is 9.77. The molecule has 0 saturated heterocycles. The van der Waals surface area contributed by atoms with Crippen LogP contribution in [0.4, 0.5) is 11.4 Å². The highest BCUT2D eigenvalue weighted by Gasteiger charge is 2.18. The molecule has 8 heteroatoms. The zero-order valence-electron chi connectivity index (χ0n) is 13.6. The van der Waals surface area contributed by atoms with E-state index < -0.39 is 16.8 Å². The van der Waals surface area contributed by atoms with Crippen LogP contribution in [-0.2, 0) is 4.74 Å². The molecule has 2 rings (SSSR count). The van der Waals surface area contributed by atoms with Crippen LogP contribution in [0.25, 0.3) is 0 Å². The second-order valence-corrected chi connectivity index (χ2v) is 4.90. The van der Waals surface area contributed by atoms with Gasteiger partial charge in [0.15, 0.2) is 5.75 Å². The fourth-order valence-electron chi connectivity index (χ4n) is 2.08. The molecule has 0 aliphatic rings. The average molecular weight is 344 g/mol. The van der Waals surface area contributed by atoms with E-state index in [0.29, 0.717) is 11.3 Å². The molecular weight excluding hydrogens is 328 g/mol. The molecule has 0 unspecified atom stereocenters. The Morgan fingerprint density at radius 3 is 2.32 bits per heavy atom. The number of amides is 1. The first-order valence-corrected chi connectivity index (χ1v) is 7.37. The van der Waals surface area contributed by atoms with Crippen LogP contribution in [0.1, 0.15) is 27.6 Å². The van der Waals surface area contributed by atoms with Crippen LogP contribution < -0.4 is 10.1 Å². The number of hydrogen-bond acceptors (Lipinski definition) is 6. The maximum atomic E-state index is 12.2. The van der Waals surface area contributed by atoms with Gasteiger partial charge in [-0.15, -0.1) is 0 Å². The van der Waals surface area contributed by atoms with E-state index in [1.807, 2.05) is 0 Å². The smallest absolute Gasteiger partial charge is 0.338 e. The number of hydrogen-bond donors (Lipinski definition) is 1. The minimum atomic E-state index is -0.621. The Kier molecular flexibility index (Phi) is 5.67. The minimum Gasteiger partial charge on any atom is -0.490 e. The fourth-order valence-corrected chi connectivity index (χ4v) is 2.08. The number of nitrogens with one attached hydrogen (secondary N) is 1. The number of anilines is 1. The molecule has 0 bridgehead atoms. The quantitative estimate of drug-likeness (QED) is 0.490. The zero-order valence-corrected chi connectivity index (χ0v) is 13.6. The average Bonchev–Trinajstić information content (AvgIpc) is 2.61. The molecule has 8 nitrogen and oxygen atoms in total. The number of nitrogens with zero attached hydrogens (tertiary/aromatic N) is 1. The van der Waals surface area contributed by atoms with Crippen LogP contribution in [0, 0.1) is 10.1 Å². The third-order valence-corrected chi connectivity index (χ3v) is 3.29. The molecule has 1 amide bonds. The van der Waals surface area contributed by atoms with Crippen molar-refractivity contribution in [3.8, 4) is 5.75 Å². The first-order chi connectivity index (χ1) is 12.0. The van der Waals surface area contributed by atoms with Gasteiger partial charge in [-0.1, -0.05) is 0 Å². The molecule has 0 heterocycles. The highest BCUT2D eigenvalue weighted by Crippen LogP contribution is 2.27. The van der Waals surface area contributed by atoms with Gasteiger partial charge in [-0.25, -0.2) is 4.79 Å². The van der Waals surface area contributed by atoms with E-state index in [4.69, 9.17) is 9.47 Å². The largest absolute Gasteiger partial charge is 0.490 e. The van der Waals surface area contributed by atoms with Gasteiger partial charge in [0, 0.05) is 17.3 Å². The SMILES string of the molecule is CCOC(=O)c1ccc(NC(=O)c2ccc(OC)c([N+](=O)[O-])c2)cc1. The monoisotopic (exact) mass is 344 g/mol. The molecule has 0 spiro atoms. The summed E-state index contributed by atoms with van der Waals surface area (Å²) in [5, 5.41) is 13.6. The third-order valence-electron chi connectivity index (χ3n) is 3.29. The normalized spacial score (nSPS) is 10.0. The van der Waals surface area contributed by atoms with Crippen molar-refractivity contribution in [3.63, 3.8) is 0 Å². The van der Waals surface area contributed by atoms with E-state index in [0.717, 1.165) is 6.07 Å². The van der Waals surface area contributed by atoms with Crippen molar-refractivity contribution < 1.29 is 24.0 Å². The summed E-state index contributed by atoms with van der Waals surface area (Å²) in [6.07, 6.45) is 0. The number of rotatable bonds is 6. The summed E-state index contributed by atoms with van der Waals surface area (Å²) in [5.74, 6) is -0.902. The van der Waals surface area contributed by atoms with Gasteiger partial charge < -0.3 is 14.8 Å². The predicted octanol–water partition coefficient (Wildman–Crippen LogP) is 3.03. The van der Waals surface area contributed by atoms with Crippen molar-refractivity contribution >= 4 is 23.3 Å². The van der Waals surface area contributed by atoms with Crippen LogP contribution in [0.5, 0.6) is 5.75 Å². The Balaban J connectivity index is 2.15. The topological polar surface area (TPSA) is 108 Å². The van der Waals surface area contributed by atoms with Crippen molar-refractivity contribution in [1.82, 2.24) is 0 Å². The lowest BCUT2D eigenvalue weighted by Gasteiger charge is -2.08. The zero-order chi connectivity index (χ0) is 18.4. The lowest BCUT2D eigenvalue weighted by atomic mass is 10.1. The molecular formula is C17H16N2O6. The van der Waals surface area contributed by atoms with E-state index in [2.05, 4.69) is 5.32 Å². The highest BCUT2D eigenvalue weighted by atomic mass is 16.6. The number of carbonyl (C=O) groups is 2. The van der Waals surface area contributed by atoms with Crippen LogP contribution in [0.3, 0.4) is 0 Å². The van der Waals surface area contributed by atoms with Gasteiger partial charge in [-0.05, 0) is 43.3 Å². The molecule has 0 radical (unpaired) electrons. The molecule has 2 aromatic carbocycles. The van der Waals surface area contributed by atoms with Crippen LogP contribution >= 0.6 is 0 Å². The summed E-state index contributed by atoms with van der Waals surface area (Å²) in [6, 6.07) is 10.0. The number of benzene rings is 2. The summed E-state index contributed by atoms with van der Waals surface area (Å²) in [4.78, 5) is 34.2. The van der Waals surface area contributed by atoms with Gasteiger partial charge in [-0.2, -0.15) is 0 Å². The number of ether oxygens (including phenoxy) is 2. The maximum absolute atomic E-state index is 12.2. The number of nitro groups is 1. The van der Waals surface area contributed by atoms with Gasteiger partial charge in [0.1, 0.15) is 0 Å². The molecule has 0 saturated carbocycles. The van der Waals surface area contributed by atoms with E-state index in [9.17, 15) is 19.7 Å². The van der Waals surface area contributed by atoms with Crippen molar-refractivity contribution in [2.45, 2.75) is 6.92 Å². The van der Waals surface area contributed by atoms with E-state index in [-0.39, 0.29) is 23.6 Å². The minimum absolute atomic E-state index is 0.0698. The van der Waals surface area contributed by atoms with Gasteiger partial charge >= 0.3 is 11.7 Å². The van der Waals surface area contributed by atoms with Gasteiger partial charge in [0.05, 0.1) is 24.2 Å². The third kappa shape index (κ3) is 4.31. The molecule has 2 aromatic rings. The summed E-state index contributed by atoms with van der Waals surface area (Å²) in [7, 11) is 1.31. The summed E-state index contributed by atoms with van der Waals surface area (Å²) in [6.45, 7) is 1.98. The predicted molar refractivity (Wildman–Crippen MR) is 90.0 cm³/mol.